The van der Waals surface area contributed by atoms with Crippen molar-refractivity contribution in [3.63, 3.8) is 0 Å². The van der Waals surface area contributed by atoms with E-state index < -0.39 is 5.60 Å². The summed E-state index contributed by atoms with van der Waals surface area (Å²) in [6, 6.07) is 0. The van der Waals surface area contributed by atoms with Gasteiger partial charge in [-0.05, 0) is 32.4 Å². The molecule has 0 saturated carbocycles. The number of hydrogen-bond donors (Lipinski definition) is 2. The summed E-state index contributed by atoms with van der Waals surface area (Å²) in [5.41, 5.74) is -0.585. The maximum atomic E-state index is 9.87. The van der Waals surface area contributed by atoms with E-state index in [1.54, 1.807) is 0 Å². The molecule has 0 aliphatic carbocycles. The fourth-order valence-electron chi connectivity index (χ4n) is 1.48. The van der Waals surface area contributed by atoms with E-state index in [4.69, 9.17) is 6.42 Å². The highest BCUT2D eigenvalue weighted by Gasteiger charge is 2.26. The second-order valence-corrected chi connectivity index (χ2v) is 3.21. The van der Waals surface area contributed by atoms with Crippen molar-refractivity contribution >= 4 is 0 Å². The lowest BCUT2D eigenvalue weighted by molar-refractivity contribution is 0.0333. The van der Waals surface area contributed by atoms with Crippen LogP contribution in [0.15, 0.2) is 0 Å². The van der Waals surface area contributed by atoms with Crippen molar-refractivity contribution in [2.45, 2.75) is 31.3 Å². The maximum Gasteiger partial charge on any atom is 0.0769 e. The molecule has 1 rings (SSSR count). The Morgan fingerprint density at radius 2 is 2.27 bits per heavy atom. The molecule has 0 amide bonds. The van der Waals surface area contributed by atoms with Crippen molar-refractivity contribution in [1.29, 1.82) is 0 Å². The van der Waals surface area contributed by atoms with Crippen LogP contribution in [0.4, 0.5) is 0 Å². The summed E-state index contributed by atoms with van der Waals surface area (Å²) in [4.78, 5) is 0. The Bertz CT molecular complexity index is 151. The normalized spacial score (nSPS) is 32.4. The van der Waals surface area contributed by atoms with Crippen molar-refractivity contribution < 1.29 is 5.11 Å². The van der Waals surface area contributed by atoms with E-state index in [2.05, 4.69) is 11.2 Å². The Labute approximate surface area is 68.0 Å². The summed E-state index contributed by atoms with van der Waals surface area (Å²) in [6.07, 6.45) is 8.31. The molecule has 1 unspecified atom stereocenters. The Morgan fingerprint density at radius 3 is 3.00 bits per heavy atom. The van der Waals surface area contributed by atoms with Crippen LogP contribution in [-0.2, 0) is 0 Å². The van der Waals surface area contributed by atoms with Gasteiger partial charge in [0.2, 0.25) is 0 Å². The molecule has 1 aliphatic rings. The van der Waals surface area contributed by atoms with Gasteiger partial charge in [0.05, 0.1) is 5.60 Å². The highest BCUT2D eigenvalue weighted by atomic mass is 16.3. The number of aliphatic hydroxyl groups is 1. The van der Waals surface area contributed by atoms with Crippen LogP contribution < -0.4 is 5.32 Å². The zero-order valence-electron chi connectivity index (χ0n) is 6.77. The van der Waals surface area contributed by atoms with Gasteiger partial charge < -0.3 is 10.4 Å². The van der Waals surface area contributed by atoms with Crippen molar-refractivity contribution in [2.75, 3.05) is 13.1 Å². The standard InChI is InChI=1S/C9H15NO/c1-2-4-9(11)5-3-7-10-8-6-9/h1,10-11H,3-8H2. The largest absolute Gasteiger partial charge is 0.389 e. The first-order valence-corrected chi connectivity index (χ1v) is 4.13. The molecule has 62 valence electrons. The molecule has 2 N–H and O–H groups in total. The maximum absolute atomic E-state index is 9.87. The van der Waals surface area contributed by atoms with Gasteiger partial charge in [-0.15, -0.1) is 12.3 Å². The quantitative estimate of drug-likeness (QED) is 0.538. The van der Waals surface area contributed by atoms with E-state index in [0.29, 0.717) is 6.42 Å². The minimum absolute atomic E-state index is 0.495. The molecule has 0 radical (unpaired) electrons. The third-order valence-electron chi connectivity index (χ3n) is 2.19. The minimum atomic E-state index is -0.585. The Balaban J connectivity index is 2.46. The predicted octanol–water partition coefficient (Wildman–Crippen LogP) is 0.514. The molecule has 1 aliphatic heterocycles. The summed E-state index contributed by atoms with van der Waals surface area (Å²) in [5.74, 6) is 2.53. The molecular formula is C9H15NO. The van der Waals surface area contributed by atoms with Gasteiger partial charge in [0.15, 0.2) is 0 Å². The first-order chi connectivity index (χ1) is 5.27. The minimum Gasteiger partial charge on any atom is -0.389 e. The second-order valence-electron chi connectivity index (χ2n) is 3.21. The van der Waals surface area contributed by atoms with E-state index in [9.17, 15) is 5.11 Å². The molecule has 0 aromatic heterocycles. The lowest BCUT2D eigenvalue weighted by atomic mass is 9.92. The summed E-state index contributed by atoms with van der Waals surface area (Å²) < 4.78 is 0. The Hall–Kier alpha value is -0.520. The molecule has 1 fully saturated rings. The number of terminal acetylenes is 1. The summed E-state index contributed by atoms with van der Waals surface area (Å²) in [5, 5.41) is 13.1. The topological polar surface area (TPSA) is 32.3 Å². The number of hydrogen-bond acceptors (Lipinski definition) is 2. The molecule has 1 saturated heterocycles. The average Bonchev–Trinajstić information content (AvgIpc) is 2.15. The van der Waals surface area contributed by atoms with Crippen LogP contribution in [0.2, 0.25) is 0 Å². The van der Waals surface area contributed by atoms with Gasteiger partial charge in [0.25, 0.3) is 0 Å². The zero-order chi connectivity index (χ0) is 8.16. The van der Waals surface area contributed by atoms with Crippen LogP contribution >= 0.6 is 0 Å². The predicted molar refractivity (Wildman–Crippen MR) is 45.1 cm³/mol. The van der Waals surface area contributed by atoms with Gasteiger partial charge in [0.1, 0.15) is 0 Å². The third-order valence-corrected chi connectivity index (χ3v) is 2.19. The van der Waals surface area contributed by atoms with Crippen LogP contribution in [0.5, 0.6) is 0 Å². The van der Waals surface area contributed by atoms with Crippen molar-refractivity contribution in [3.05, 3.63) is 0 Å². The smallest absolute Gasteiger partial charge is 0.0769 e. The first-order valence-electron chi connectivity index (χ1n) is 4.13. The monoisotopic (exact) mass is 153 g/mol. The van der Waals surface area contributed by atoms with Crippen molar-refractivity contribution in [2.24, 2.45) is 0 Å². The second kappa shape index (κ2) is 3.75. The lowest BCUT2D eigenvalue weighted by Gasteiger charge is -2.23. The van der Waals surface area contributed by atoms with E-state index in [1.165, 1.54) is 0 Å². The Morgan fingerprint density at radius 1 is 1.45 bits per heavy atom. The fourth-order valence-corrected chi connectivity index (χ4v) is 1.48. The van der Waals surface area contributed by atoms with Crippen molar-refractivity contribution in [3.8, 4) is 12.3 Å². The molecule has 0 aromatic rings. The zero-order valence-corrected chi connectivity index (χ0v) is 6.77. The van der Waals surface area contributed by atoms with Crippen LogP contribution in [-0.4, -0.2) is 23.8 Å². The highest BCUT2D eigenvalue weighted by Crippen LogP contribution is 2.22. The third kappa shape index (κ3) is 2.53. The lowest BCUT2D eigenvalue weighted by Crippen LogP contribution is -2.29. The summed E-state index contributed by atoms with van der Waals surface area (Å²) in [6.45, 7) is 1.89. The highest BCUT2D eigenvalue weighted by molar-refractivity contribution is 4.96. The Kier molecular flexibility index (Phi) is 2.92. The van der Waals surface area contributed by atoms with Gasteiger partial charge >= 0.3 is 0 Å². The van der Waals surface area contributed by atoms with Gasteiger partial charge in [-0.1, -0.05) is 0 Å². The molecule has 2 heteroatoms. The molecule has 1 heterocycles. The van der Waals surface area contributed by atoms with Gasteiger partial charge in [-0.2, -0.15) is 0 Å². The molecule has 0 aromatic carbocycles. The van der Waals surface area contributed by atoms with Crippen molar-refractivity contribution in [1.82, 2.24) is 5.32 Å². The number of nitrogens with one attached hydrogen (secondary N) is 1. The first kappa shape index (κ1) is 8.58. The summed E-state index contributed by atoms with van der Waals surface area (Å²) >= 11 is 0. The summed E-state index contributed by atoms with van der Waals surface area (Å²) in [7, 11) is 0. The molecule has 2 nitrogen and oxygen atoms in total. The van der Waals surface area contributed by atoms with Gasteiger partial charge in [-0.25, -0.2) is 0 Å². The van der Waals surface area contributed by atoms with Crippen LogP contribution in [0.1, 0.15) is 25.7 Å². The average molecular weight is 153 g/mol. The fraction of sp³-hybridized carbons (Fsp3) is 0.778. The van der Waals surface area contributed by atoms with E-state index in [0.717, 1.165) is 32.4 Å². The van der Waals surface area contributed by atoms with Gasteiger partial charge in [0, 0.05) is 6.42 Å². The van der Waals surface area contributed by atoms with E-state index in [-0.39, 0.29) is 0 Å². The van der Waals surface area contributed by atoms with Crippen LogP contribution in [0.25, 0.3) is 0 Å². The van der Waals surface area contributed by atoms with E-state index >= 15 is 0 Å². The molecule has 1 atom stereocenters. The molecular weight excluding hydrogens is 138 g/mol. The molecule has 0 bridgehead atoms. The molecule has 11 heavy (non-hydrogen) atoms. The van der Waals surface area contributed by atoms with Crippen LogP contribution in [0, 0.1) is 12.3 Å². The molecule has 0 spiro atoms. The van der Waals surface area contributed by atoms with Crippen LogP contribution in [0.3, 0.4) is 0 Å². The SMILES string of the molecule is C#CCC1(O)CCCNCC1. The van der Waals surface area contributed by atoms with Gasteiger partial charge in [-0.3, -0.25) is 0 Å². The van der Waals surface area contributed by atoms with E-state index in [1.807, 2.05) is 0 Å². The number of rotatable bonds is 1.